The monoisotopic (exact) mass is 807 g/mol. The molecule has 0 spiro atoms. The second-order valence-electron chi connectivity index (χ2n) is 13.5. The van der Waals surface area contributed by atoms with Crippen LogP contribution in [-0.4, -0.2) is 112 Å². The fourth-order valence-corrected chi connectivity index (χ4v) is 5.44. The highest BCUT2D eigenvalue weighted by molar-refractivity contribution is 5.88. The third-order valence-corrected chi connectivity index (χ3v) is 8.76. The summed E-state index contributed by atoms with van der Waals surface area (Å²) in [4.78, 5) is 106. The van der Waals surface area contributed by atoms with Crippen LogP contribution in [-0.2, 0) is 38.4 Å². The fraction of sp³-hybridized carbons (Fsp3) is 0.605. The molecular weight excluding hydrogens is 750 g/mol. The number of aldehydes is 1. The maximum absolute atomic E-state index is 12.5. The molecule has 10 N–H and O–H groups in total. The summed E-state index contributed by atoms with van der Waals surface area (Å²) in [7, 11) is 0. The van der Waals surface area contributed by atoms with Crippen LogP contribution in [0.5, 0.6) is 5.75 Å². The highest BCUT2D eigenvalue weighted by atomic mass is 16.5. The molecule has 19 nitrogen and oxygen atoms in total. The Morgan fingerprint density at radius 1 is 0.561 bits per heavy atom. The number of aromatic carboxylic acids is 1. The Morgan fingerprint density at radius 2 is 1.00 bits per heavy atom. The Hall–Kier alpha value is -5.59. The number of carbonyl (C=O) groups is 9. The van der Waals surface area contributed by atoms with Gasteiger partial charge in [0.05, 0.1) is 18.2 Å². The molecule has 0 aromatic heterocycles. The van der Waals surface area contributed by atoms with Gasteiger partial charge in [0.15, 0.2) is 0 Å². The number of carboxylic acids is 4. The predicted octanol–water partition coefficient (Wildman–Crippen LogP) is 1.75. The van der Waals surface area contributed by atoms with Gasteiger partial charge in [0.2, 0.25) is 23.6 Å². The molecule has 1 aromatic carbocycles. The largest absolute Gasteiger partial charge is 0.494 e. The van der Waals surface area contributed by atoms with Gasteiger partial charge in [-0.1, -0.05) is 32.1 Å². The van der Waals surface area contributed by atoms with Crippen molar-refractivity contribution in [2.24, 2.45) is 5.73 Å². The molecule has 0 saturated carbocycles. The van der Waals surface area contributed by atoms with Crippen LogP contribution in [0.4, 0.5) is 0 Å². The molecule has 0 heterocycles. The molecule has 1 aromatic rings. The standard InChI is InChI=1S/C38H57N5O14/c39-26(24-44)10-7-8-22-40-31(45)19-16-28(36(51)52)42-33(47)21-18-30(38(55)56)43-34(48)20-17-29(37(53)54)41-32(46)11-6-4-2-1-3-5-9-23-57-27-14-12-25(13-15-27)35(49)50/h12-15,24,26,28-30H,1-11,16-23,39H2,(H,40,45)(H,41,46)(H,42,47)(H,43,48)(H,49,50)(H,51,52)(H,53,54)(H,55,56)/t26-,28-,29-,30?/m0/s1. The summed E-state index contributed by atoms with van der Waals surface area (Å²) in [5.41, 5.74) is 5.68. The van der Waals surface area contributed by atoms with Crippen molar-refractivity contribution in [2.45, 2.75) is 133 Å². The number of nitrogens with two attached hydrogens (primary N) is 1. The number of amides is 4. The number of hydrogen-bond acceptors (Lipinski definition) is 11. The van der Waals surface area contributed by atoms with Gasteiger partial charge in [-0.3, -0.25) is 19.2 Å². The number of carboxylic acid groups (broad SMARTS) is 4. The summed E-state index contributed by atoms with van der Waals surface area (Å²) < 4.78 is 5.61. The number of benzene rings is 1. The second-order valence-corrected chi connectivity index (χ2v) is 13.5. The fourth-order valence-electron chi connectivity index (χ4n) is 5.44. The van der Waals surface area contributed by atoms with Crippen molar-refractivity contribution in [3.05, 3.63) is 29.8 Å². The number of unbranched alkanes of at least 4 members (excludes halogenated alkanes) is 7. The highest BCUT2D eigenvalue weighted by Gasteiger charge is 2.26. The van der Waals surface area contributed by atoms with Crippen molar-refractivity contribution in [1.29, 1.82) is 0 Å². The SMILES string of the molecule is N[C@H](C=O)CCCCNC(=O)CC[C@H](NC(=O)CCC(NC(=O)CC[C@H](NC(=O)CCCCCCCCCOc1ccc(C(=O)O)cc1)C(=O)O)C(=O)O)C(=O)O. The lowest BCUT2D eigenvalue weighted by Crippen LogP contribution is -2.45. The van der Waals surface area contributed by atoms with Crippen molar-refractivity contribution >= 4 is 53.8 Å². The number of nitrogens with one attached hydrogen (secondary N) is 4. The molecule has 0 aliphatic rings. The second kappa shape index (κ2) is 28.8. The van der Waals surface area contributed by atoms with Crippen molar-refractivity contribution < 1.29 is 68.3 Å². The maximum Gasteiger partial charge on any atom is 0.335 e. The van der Waals surface area contributed by atoms with Crippen molar-refractivity contribution in [3.8, 4) is 5.75 Å². The van der Waals surface area contributed by atoms with Crippen LogP contribution in [0.1, 0.15) is 120 Å². The minimum atomic E-state index is -1.55. The summed E-state index contributed by atoms with van der Waals surface area (Å²) in [5.74, 6) is -7.25. The first-order valence-corrected chi connectivity index (χ1v) is 19.1. The van der Waals surface area contributed by atoms with E-state index in [0.717, 1.165) is 38.5 Å². The first kappa shape index (κ1) is 49.4. The van der Waals surface area contributed by atoms with E-state index in [1.165, 1.54) is 12.1 Å². The van der Waals surface area contributed by atoms with E-state index in [1.54, 1.807) is 12.1 Å². The molecule has 318 valence electrons. The van der Waals surface area contributed by atoms with Gasteiger partial charge in [0.1, 0.15) is 30.2 Å². The van der Waals surface area contributed by atoms with Gasteiger partial charge >= 0.3 is 23.9 Å². The van der Waals surface area contributed by atoms with Crippen LogP contribution < -0.4 is 31.7 Å². The predicted molar refractivity (Wildman–Crippen MR) is 203 cm³/mol. The van der Waals surface area contributed by atoms with Crippen LogP contribution in [0, 0.1) is 0 Å². The van der Waals surface area contributed by atoms with Gasteiger partial charge in [-0.25, -0.2) is 19.2 Å². The van der Waals surface area contributed by atoms with E-state index < -0.39 is 90.9 Å². The Kier molecular flexibility index (Phi) is 24.9. The number of aliphatic carboxylic acids is 3. The van der Waals surface area contributed by atoms with E-state index >= 15 is 0 Å². The van der Waals surface area contributed by atoms with Gasteiger partial charge in [-0.2, -0.15) is 0 Å². The molecule has 1 rings (SSSR count). The smallest absolute Gasteiger partial charge is 0.335 e. The number of hydrogen-bond donors (Lipinski definition) is 9. The van der Waals surface area contributed by atoms with E-state index in [-0.39, 0.29) is 31.2 Å². The zero-order valence-electron chi connectivity index (χ0n) is 32.1. The molecular formula is C38H57N5O14. The first-order valence-electron chi connectivity index (χ1n) is 19.1. The summed E-state index contributed by atoms with van der Waals surface area (Å²) in [6.07, 6.45) is 6.08. The van der Waals surface area contributed by atoms with Crippen LogP contribution in [0.3, 0.4) is 0 Å². The number of ether oxygens (including phenoxy) is 1. The minimum Gasteiger partial charge on any atom is -0.494 e. The van der Waals surface area contributed by atoms with Gasteiger partial charge < -0.3 is 57.0 Å². The molecule has 57 heavy (non-hydrogen) atoms. The normalized spacial score (nSPS) is 12.9. The molecule has 1 unspecified atom stereocenters. The Bertz CT molecular complexity index is 1470. The quantitative estimate of drug-likeness (QED) is 0.0361. The Balaban J connectivity index is 2.32. The lowest BCUT2D eigenvalue weighted by atomic mass is 10.1. The molecule has 0 fully saturated rings. The van der Waals surface area contributed by atoms with E-state index in [0.29, 0.717) is 50.9 Å². The topological polar surface area (TPSA) is 318 Å². The summed E-state index contributed by atoms with van der Waals surface area (Å²) in [6, 6.07) is 1.24. The van der Waals surface area contributed by atoms with E-state index in [2.05, 4.69) is 21.3 Å². The average Bonchev–Trinajstić information content (AvgIpc) is 3.16. The third-order valence-electron chi connectivity index (χ3n) is 8.76. The van der Waals surface area contributed by atoms with Crippen molar-refractivity contribution in [3.63, 3.8) is 0 Å². The molecule has 0 saturated heterocycles. The minimum absolute atomic E-state index is 0.0871. The third kappa shape index (κ3) is 23.8. The zero-order chi connectivity index (χ0) is 42.6. The Morgan fingerprint density at radius 3 is 1.46 bits per heavy atom. The van der Waals surface area contributed by atoms with E-state index in [9.17, 15) is 58.5 Å². The lowest BCUT2D eigenvalue weighted by molar-refractivity contribution is -0.144. The van der Waals surface area contributed by atoms with Crippen LogP contribution >= 0.6 is 0 Å². The van der Waals surface area contributed by atoms with Crippen LogP contribution in [0.15, 0.2) is 24.3 Å². The molecule has 4 atom stereocenters. The van der Waals surface area contributed by atoms with Crippen LogP contribution in [0.2, 0.25) is 0 Å². The molecule has 0 radical (unpaired) electrons. The van der Waals surface area contributed by atoms with Gasteiger partial charge in [-0.05, 0) is 75.6 Å². The van der Waals surface area contributed by atoms with Crippen LogP contribution in [0.25, 0.3) is 0 Å². The maximum atomic E-state index is 12.5. The van der Waals surface area contributed by atoms with Crippen molar-refractivity contribution in [2.75, 3.05) is 13.2 Å². The molecule has 0 aliphatic carbocycles. The summed E-state index contributed by atoms with van der Waals surface area (Å²) in [6.45, 7) is 0.799. The van der Waals surface area contributed by atoms with Gasteiger partial charge in [-0.15, -0.1) is 0 Å². The van der Waals surface area contributed by atoms with E-state index in [1.807, 2.05) is 0 Å². The van der Waals surface area contributed by atoms with Crippen molar-refractivity contribution in [1.82, 2.24) is 21.3 Å². The van der Waals surface area contributed by atoms with Gasteiger partial charge in [0.25, 0.3) is 0 Å². The number of carbonyl (C=O) groups excluding carboxylic acids is 5. The molecule has 4 amide bonds. The highest BCUT2D eigenvalue weighted by Crippen LogP contribution is 2.14. The zero-order valence-corrected chi connectivity index (χ0v) is 32.1. The molecule has 0 bridgehead atoms. The summed E-state index contributed by atoms with van der Waals surface area (Å²) >= 11 is 0. The lowest BCUT2D eigenvalue weighted by Gasteiger charge is -2.18. The Labute approximate surface area is 330 Å². The van der Waals surface area contributed by atoms with E-state index in [4.69, 9.17) is 15.6 Å². The molecule has 19 heteroatoms. The summed E-state index contributed by atoms with van der Waals surface area (Å²) in [5, 5.41) is 46.9. The molecule has 0 aliphatic heterocycles. The average molecular weight is 808 g/mol. The first-order chi connectivity index (χ1) is 27.1. The van der Waals surface area contributed by atoms with Gasteiger partial charge in [0, 0.05) is 32.2 Å². The number of rotatable bonds is 33.